The molecule has 8 heteroatoms. The molecule has 0 spiro atoms. The second-order valence-corrected chi connectivity index (χ2v) is 5.70. The van der Waals surface area contributed by atoms with Crippen LogP contribution in [-0.2, 0) is 14.8 Å². The number of hydrogen-bond donors (Lipinski definition) is 1. The van der Waals surface area contributed by atoms with E-state index in [2.05, 4.69) is 0 Å². The van der Waals surface area contributed by atoms with E-state index < -0.39 is 16.0 Å². The molecular weight excluding hydrogens is 286 g/mol. The van der Waals surface area contributed by atoms with Crippen molar-refractivity contribution in [1.29, 1.82) is 0 Å². The first-order valence-electron chi connectivity index (χ1n) is 5.71. The fourth-order valence-electron chi connectivity index (χ4n) is 1.61. The maximum absolute atomic E-state index is 12.1. The summed E-state index contributed by atoms with van der Waals surface area (Å²) in [4.78, 5) is 11.8. The van der Waals surface area contributed by atoms with Crippen LogP contribution < -0.4 is 14.6 Å². The molecule has 0 amide bonds. The van der Waals surface area contributed by atoms with Crippen LogP contribution in [0.5, 0.6) is 11.5 Å². The van der Waals surface area contributed by atoms with E-state index in [1.807, 2.05) is 0 Å². The Bertz CT molecular complexity index is 609. The number of sulfonamides is 1. The van der Waals surface area contributed by atoms with Gasteiger partial charge in [0.25, 0.3) is 0 Å². The van der Waals surface area contributed by atoms with Crippen molar-refractivity contribution in [3.05, 3.63) is 17.7 Å². The van der Waals surface area contributed by atoms with Crippen molar-refractivity contribution in [1.82, 2.24) is 0 Å². The molecule has 112 valence electrons. The molecule has 0 bridgehead atoms. The zero-order valence-corrected chi connectivity index (χ0v) is 12.5. The Morgan fingerprint density at radius 2 is 1.80 bits per heavy atom. The molecule has 0 radical (unpaired) electrons. The van der Waals surface area contributed by atoms with Crippen molar-refractivity contribution < 1.29 is 27.4 Å². The SMILES string of the molecule is COc1ccc(S(N)(=O)=O)c(OC)c1C(=O)OC(C)C. The average molecular weight is 303 g/mol. The highest BCUT2D eigenvalue weighted by Crippen LogP contribution is 2.35. The summed E-state index contributed by atoms with van der Waals surface area (Å²) in [5.74, 6) is -0.809. The molecule has 0 aliphatic rings. The van der Waals surface area contributed by atoms with E-state index in [9.17, 15) is 13.2 Å². The smallest absolute Gasteiger partial charge is 0.346 e. The van der Waals surface area contributed by atoms with E-state index in [0.717, 1.165) is 0 Å². The Balaban J connectivity index is 3.57. The van der Waals surface area contributed by atoms with E-state index in [1.165, 1.54) is 26.4 Å². The van der Waals surface area contributed by atoms with Crippen molar-refractivity contribution in [2.45, 2.75) is 24.8 Å². The quantitative estimate of drug-likeness (QED) is 0.811. The van der Waals surface area contributed by atoms with Gasteiger partial charge in [0.1, 0.15) is 16.2 Å². The van der Waals surface area contributed by atoms with Crippen LogP contribution >= 0.6 is 0 Å². The molecule has 0 atom stereocenters. The van der Waals surface area contributed by atoms with Gasteiger partial charge < -0.3 is 14.2 Å². The van der Waals surface area contributed by atoms with Gasteiger partial charge >= 0.3 is 5.97 Å². The van der Waals surface area contributed by atoms with Crippen LogP contribution in [0, 0.1) is 0 Å². The summed E-state index contributed by atoms with van der Waals surface area (Å²) in [6.45, 7) is 3.33. The van der Waals surface area contributed by atoms with Crippen molar-refractivity contribution in [3.63, 3.8) is 0 Å². The van der Waals surface area contributed by atoms with Crippen LogP contribution in [0.2, 0.25) is 0 Å². The third kappa shape index (κ3) is 3.40. The number of rotatable bonds is 5. The van der Waals surface area contributed by atoms with Gasteiger partial charge in [0.2, 0.25) is 10.0 Å². The van der Waals surface area contributed by atoms with Crippen LogP contribution in [0.15, 0.2) is 17.0 Å². The van der Waals surface area contributed by atoms with Crippen molar-refractivity contribution in [2.24, 2.45) is 5.14 Å². The number of hydrogen-bond acceptors (Lipinski definition) is 6. The van der Waals surface area contributed by atoms with Gasteiger partial charge in [-0.1, -0.05) is 0 Å². The third-order valence-electron chi connectivity index (χ3n) is 2.36. The second-order valence-electron chi connectivity index (χ2n) is 4.17. The maximum atomic E-state index is 12.1. The summed E-state index contributed by atoms with van der Waals surface area (Å²) in [6, 6.07) is 2.53. The largest absolute Gasteiger partial charge is 0.496 e. The van der Waals surface area contributed by atoms with E-state index in [1.54, 1.807) is 13.8 Å². The zero-order valence-electron chi connectivity index (χ0n) is 11.7. The molecule has 7 nitrogen and oxygen atoms in total. The predicted octanol–water partition coefficient (Wildman–Crippen LogP) is 0.916. The minimum atomic E-state index is -4.04. The molecule has 0 aromatic heterocycles. The van der Waals surface area contributed by atoms with Gasteiger partial charge in [-0.15, -0.1) is 0 Å². The lowest BCUT2D eigenvalue weighted by Crippen LogP contribution is -2.18. The highest BCUT2D eigenvalue weighted by molar-refractivity contribution is 7.89. The molecular formula is C12H17NO6S. The van der Waals surface area contributed by atoms with E-state index in [-0.39, 0.29) is 28.1 Å². The number of esters is 1. The topological polar surface area (TPSA) is 105 Å². The summed E-state index contributed by atoms with van der Waals surface area (Å²) < 4.78 is 38.1. The monoisotopic (exact) mass is 303 g/mol. The first kappa shape index (κ1) is 16.3. The standard InChI is InChI=1S/C12H17NO6S/c1-7(2)19-12(14)10-8(17-3)5-6-9(11(10)18-4)20(13,15)16/h5-7H,1-4H3,(H2,13,15,16). The highest BCUT2D eigenvalue weighted by atomic mass is 32.2. The molecule has 1 rings (SSSR count). The highest BCUT2D eigenvalue weighted by Gasteiger charge is 2.27. The molecule has 20 heavy (non-hydrogen) atoms. The second kappa shape index (κ2) is 6.10. The number of ether oxygens (including phenoxy) is 3. The number of primary sulfonamides is 1. The van der Waals surface area contributed by atoms with Crippen LogP contribution in [0.3, 0.4) is 0 Å². The minimum absolute atomic E-state index is 0.116. The maximum Gasteiger partial charge on any atom is 0.346 e. The molecule has 0 aliphatic carbocycles. The van der Waals surface area contributed by atoms with Gasteiger partial charge in [0.05, 0.1) is 20.3 Å². The normalized spacial score (nSPS) is 11.3. The van der Waals surface area contributed by atoms with Gasteiger partial charge in [-0.05, 0) is 26.0 Å². The molecule has 0 heterocycles. The Labute approximate surface area is 117 Å². The molecule has 0 saturated heterocycles. The lowest BCUT2D eigenvalue weighted by Gasteiger charge is -2.16. The van der Waals surface area contributed by atoms with Crippen LogP contribution in [0.1, 0.15) is 24.2 Å². The molecule has 2 N–H and O–H groups in total. The summed E-state index contributed by atoms with van der Waals surface area (Å²) in [7, 11) is -1.47. The average Bonchev–Trinajstić information content (AvgIpc) is 2.34. The summed E-state index contributed by atoms with van der Waals surface area (Å²) in [5, 5.41) is 5.09. The van der Waals surface area contributed by atoms with Gasteiger partial charge in [-0.2, -0.15) is 0 Å². The van der Waals surface area contributed by atoms with Gasteiger partial charge in [-0.3, -0.25) is 0 Å². The molecule has 0 fully saturated rings. The number of carbonyl (C=O) groups is 1. The fourth-order valence-corrected chi connectivity index (χ4v) is 2.31. The van der Waals surface area contributed by atoms with Crippen molar-refractivity contribution >= 4 is 16.0 Å². The van der Waals surface area contributed by atoms with Gasteiger partial charge in [-0.25, -0.2) is 18.4 Å². The van der Waals surface area contributed by atoms with E-state index >= 15 is 0 Å². The summed E-state index contributed by atoms with van der Waals surface area (Å²) in [6.07, 6.45) is -0.380. The van der Waals surface area contributed by atoms with Crippen molar-refractivity contribution in [3.8, 4) is 11.5 Å². The zero-order chi connectivity index (χ0) is 15.5. The molecule has 0 aliphatic heterocycles. The first-order chi connectivity index (χ1) is 9.22. The summed E-state index contributed by atoms with van der Waals surface area (Å²) >= 11 is 0. The van der Waals surface area contributed by atoms with Crippen LogP contribution in [0.4, 0.5) is 0 Å². The minimum Gasteiger partial charge on any atom is -0.496 e. The number of carbonyl (C=O) groups excluding carboxylic acids is 1. The van der Waals surface area contributed by atoms with Crippen LogP contribution in [-0.4, -0.2) is 34.7 Å². The lowest BCUT2D eigenvalue weighted by atomic mass is 10.1. The Kier molecular flexibility index (Phi) is 4.96. The number of benzene rings is 1. The van der Waals surface area contributed by atoms with Gasteiger partial charge in [0, 0.05) is 0 Å². The first-order valence-corrected chi connectivity index (χ1v) is 7.25. The summed E-state index contributed by atoms with van der Waals surface area (Å²) in [5.41, 5.74) is -0.116. The Morgan fingerprint density at radius 1 is 1.20 bits per heavy atom. The third-order valence-corrected chi connectivity index (χ3v) is 3.30. The lowest BCUT2D eigenvalue weighted by molar-refractivity contribution is 0.0370. The van der Waals surface area contributed by atoms with E-state index in [4.69, 9.17) is 19.3 Å². The van der Waals surface area contributed by atoms with Gasteiger partial charge in [0.15, 0.2) is 5.75 Å². The Hall–Kier alpha value is -1.80. The molecule has 0 unspecified atom stereocenters. The Morgan fingerprint density at radius 3 is 2.20 bits per heavy atom. The fraction of sp³-hybridized carbons (Fsp3) is 0.417. The number of methoxy groups -OCH3 is 2. The molecule has 1 aromatic rings. The molecule has 0 saturated carbocycles. The van der Waals surface area contributed by atoms with Crippen LogP contribution in [0.25, 0.3) is 0 Å². The molecule has 1 aromatic carbocycles. The van der Waals surface area contributed by atoms with E-state index in [0.29, 0.717) is 0 Å². The van der Waals surface area contributed by atoms with Crippen molar-refractivity contribution in [2.75, 3.05) is 14.2 Å². The predicted molar refractivity (Wildman–Crippen MR) is 71.5 cm³/mol. The number of nitrogens with two attached hydrogens (primary N) is 1.